The summed E-state index contributed by atoms with van der Waals surface area (Å²) in [5, 5.41) is 29.3. The highest BCUT2D eigenvalue weighted by atomic mass is 16.3. The second-order valence-corrected chi connectivity index (χ2v) is 4.11. The molecule has 2 aromatic carbocycles. The first-order valence-corrected chi connectivity index (χ1v) is 6.00. The molecule has 3 rings (SSSR count). The van der Waals surface area contributed by atoms with Crippen molar-refractivity contribution in [2.24, 2.45) is 0 Å². The van der Waals surface area contributed by atoms with E-state index in [1.54, 1.807) is 59.7 Å². The molecule has 0 saturated heterocycles. The third kappa shape index (κ3) is 2.03. The predicted octanol–water partition coefficient (Wildman–Crippen LogP) is 2.29. The first-order chi connectivity index (χ1) is 9.77. The molecule has 0 radical (unpaired) electrons. The molecule has 3 aromatic rings. The Hall–Kier alpha value is -3.02. The van der Waals surface area contributed by atoms with Crippen LogP contribution in [0.5, 0.6) is 11.5 Å². The molecule has 0 spiro atoms. The SMILES string of the molecule is Oc1ccccc1N(c1ccccc1O)n1ccnn1. The Morgan fingerprint density at radius 3 is 1.85 bits per heavy atom. The molecule has 2 N–H and O–H groups in total. The van der Waals surface area contributed by atoms with Crippen molar-refractivity contribution in [1.29, 1.82) is 0 Å². The zero-order valence-corrected chi connectivity index (χ0v) is 10.5. The molecular formula is C14H12N4O2. The zero-order valence-electron chi connectivity index (χ0n) is 10.5. The van der Waals surface area contributed by atoms with Crippen molar-refractivity contribution in [1.82, 2.24) is 15.1 Å². The molecule has 0 aliphatic carbocycles. The highest BCUT2D eigenvalue weighted by molar-refractivity contribution is 5.72. The zero-order chi connectivity index (χ0) is 13.9. The molecule has 0 bridgehead atoms. The standard InChI is InChI=1S/C14H12N4O2/c19-13-7-3-1-5-11(13)18(17-10-9-15-16-17)12-6-2-4-8-14(12)20/h1-10,19-20H. The molecule has 0 unspecified atom stereocenters. The van der Waals surface area contributed by atoms with Crippen LogP contribution in [0.25, 0.3) is 0 Å². The van der Waals surface area contributed by atoms with Gasteiger partial charge in [-0.3, -0.25) is 0 Å². The summed E-state index contributed by atoms with van der Waals surface area (Å²) in [5.41, 5.74) is 0.971. The summed E-state index contributed by atoms with van der Waals surface area (Å²) in [6, 6.07) is 13.6. The second-order valence-electron chi connectivity index (χ2n) is 4.11. The average Bonchev–Trinajstić information content (AvgIpc) is 2.97. The topological polar surface area (TPSA) is 74.4 Å². The van der Waals surface area contributed by atoms with E-state index in [9.17, 15) is 10.2 Å². The van der Waals surface area contributed by atoms with Gasteiger partial charge < -0.3 is 10.2 Å². The number of phenols is 2. The molecule has 0 fully saturated rings. The maximum absolute atomic E-state index is 10.0. The van der Waals surface area contributed by atoms with Gasteiger partial charge in [0.25, 0.3) is 0 Å². The van der Waals surface area contributed by atoms with Crippen molar-refractivity contribution >= 4 is 11.4 Å². The number of rotatable bonds is 3. The molecule has 0 aliphatic rings. The Balaban J connectivity index is 2.21. The molecule has 6 heteroatoms. The minimum absolute atomic E-state index is 0.0752. The summed E-state index contributed by atoms with van der Waals surface area (Å²) in [4.78, 5) is 1.43. The van der Waals surface area contributed by atoms with Crippen molar-refractivity contribution in [2.45, 2.75) is 0 Å². The third-order valence-corrected chi connectivity index (χ3v) is 2.83. The fourth-order valence-electron chi connectivity index (χ4n) is 1.95. The van der Waals surface area contributed by atoms with E-state index in [2.05, 4.69) is 10.3 Å². The van der Waals surface area contributed by atoms with E-state index in [0.717, 1.165) is 0 Å². The van der Waals surface area contributed by atoms with Crippen LogP contribution >= 0.6 is 0 Å². The average molecular weight is 268 g/mol. The van der Waals surface area contributed by atoms with Gasteiger partial charge >= 0.3 is 0 Å². The van der Waals surface area contributed by atoms with Crippen molar-refractivity contribution in [3.05, 3.63) is 60.9 Å². The number of hydrogen-bond acceptors (Lipinski definition) is 5. The van der Waals surface area contributed by atoms with Crippen LogP contribution < -0.4 is 5.01 Å². The van der Waals surface area contributed by atoms with Gasteiger partial charge in [0.1, 0.15) is 22.9 Å². The molecule has 6 nitrogen and oxygen atoms in total. The van der Waals surface area contributed by atoms with E-state index < -0.39 is 0 Å². The number of hydrogen-bond donors (Lipinski definition) is 2. The monoisotopic (exact) mass is 268 g/mol. The lowest BCUT2D eigenvalue weighted by molar-refractivity contribution is 0.465. The van der Waals surface area contributed by atoms with Gasteiger partial charge in [-0.15, -0.1) is 5.10 Å². The molecule has 1 heterocycles. The number of aromatic nitrogens is 3. The van der Waals surface area contributed by atoms with E-state index in [0.29, 0.717) is 11.4 Å². The van der Waals surface area contributed by atoms with Crippen molar-refractivity contribution in [2.75, 3.05) is 5.01 Å². The number of anilines is 2. The largest absolute Gasteiger partial charge is 0.506 e. The molecular weight excluding hydrogens is 256 g/mol. The minimum Gasteiger partial charge on any atom is -0.506 e. The van der Waals surface area contributed by atoms with Gasteiger partial charge in [0, 0.05) is 0 Å². The van der Waals surface area contributed by atoms with Crippen LogP contribution in [0.4, 0.5) is 11.4 Å². The summed E-state index contributed by atoms with van der Waals surface area (Å²) >= 11 is 0. The fourth-order valence-corrected chi connectivity index (χ4v) is 1.95. The van der Waals surface area contributed by atoms with Crippen LogP contribution in [0.2, 0.25) is 0 Å². The summed E-state index contributed by atoms with van der Waals surface area (Å²) in [6.07, 6.45) is 3.14. The first-order valence-electron chi connectivity index (χ1n) is 6.00. The Morgan fingerprint density at radius 2 is 1.40 bits per heavy atom. The lowest BCUT2D eigenvalue weighted by Gasteiger charge is -2.25. The van der Waals surface area contributed by atoms with Crippen LogP contribution in [-0.4, -0.2) is 25.3 Å². The number of nitrogens with zero attached hydrogens (tertiary/aromatic N) is 4. The van der Waals surface area contributed by atoms with E-state index >= 15 is 0 Å². The normalized spacial score (nSPS) is 10.4. The quantitative estimate of drug-likeness (QED) is 0.762. The highest BCUT2D eigenvalue weighted by Crippen LogP contribution is 2.37. The van der Waals surface area contributed by atoms with Crippen LogP contribution in [0.1, 0.15) is 0 Å². The summed E-state index contributed by atoms with van der Waals surface area (Å²) in [5.74, 6) is 0.150. The maximum Gasteiger partial charge on any atom is 0.141 e. The fraction of sp³-hybridized carbons (Fsp3) is 0. The lowest BCUT2D eigenvalue weighted by Crippen LogP contribution is -2.25. The maximum atomic E-state index is 10.0. The highest BCUT2D eigenvalue weighted by Gasteiger charge is 2.18. The van der Waals surface area contributed by atoms with Crippen LogP contribution in [0.15, 0.2) is 60.9 Å². The van der Waals surface area contributed by atoms with Crippen LogP contribution in [0.3, 0.4) is 0 Å². The molecule has 0 saturated carbocycles. The second kappa shape index (κ2) is 4.93. The van der Waals surface area contributed by atoms with Crippen LogP contribution in [-0.2, 0) is 0 Å². The van der Waals surface area contributed by atoms with Crippen molar-refractivity contribution in [3.63, 3.8) is 0 Å². The van der Waals surface area contributed by atoms with Crippen molar-refractivity contribution < 1.29 is 10.2 Å². The predicted molar refractivity (Wildman–Crippen MR) is 73.8 cm³/mol. The summed E-state index contributed by atoms with van der Waals surface area (Å²) < 4.78 is 0. The number of aromatic hydroxyl groups is 2. The molecule has 1 aromatic heterocycles. The molecule has 20 heavy (non-hydrogen) atoms. The Kier molecular flexibility index (Phi) is 2.96. The van der Waals surface area contributed by atoms with E-state index in [4.69, 9.17) is 0 Å². The van der Waals surface area contributed by atoms with Gasteiger partial charge in [0.15, 0.2) is 0 Å². The number of phenolic OH excluding ortho intramolecular Hbond substituents is 2. The summed E-state index contributed by atoms with van der Waals surface area (Å²) in [6.45, 7) is 0. The minimum atomic E-state index is 0.0752. The lowest BCUT2D eigenvalue weighted by atomic mass is 10.2. The van der Waals surface area contributed by atoms with Gasteiger partial charge in [-0.25, -0.2) is 5.01 Å². The van der Waals surface area contributed by atoms with Crippen LogP contribution in [0, 0.1) is 0 Å². The van der Waals surface area contributed by atoms with Gasteiger partial charge in [0.2, 0.25) is 0 Å². The van der Waals surface area contributed by atoms with E-state index in [1.807, 2.05) is 0 Å². The van der Waals surface area contributed by atoms with Gasteiger partial charge in [-0.05, 0) is 29.5 Å². The van der Waals surface area contributed by atoms with E-state index in [1.165, 1.54) is 11.0 Å². The molecule has 100 valence electrons. The van der Waals surface area contributed by atoms with E-state index in [-0.39, 0.29) is 11.5 Å². The van der Waals surface area contributed by atoms with Crippen molar-refractivity contribution in [3.8, 4) is 11.5 Å². The molecule has 0 atom stereocenters. The first kappa shape index (κ1) is 12.0. The molecule has 0 amide bonds. The third-order valence-electron chi connectivity index (χ3n) is 2.83. The van der Waals surface area contributed by atoms with Gasteiger partial charge in [0.05, 0.1) is 12.4 Å². The molecule has 0 aliphatic heterocycles. The Morgan fingerprint density at radius 1 is 0.850 bits per heavy atom. The smallest absolute Gasteiger partial charge is 0.141 e. The Bertz CT molecular complexity index is 667. The van der Waals surface area contributed by atoms with Gasteiger partial charge in [-0.1, -0.05) is 24.3 Å². The van der Waals surface area contributed by atoms with Gasteiger partial charge in [-0.2, -0.15) is 4.79 Å². The number of benzene rings is 2. The summed E-state index contributed by atoms with van der Waals surface area (Å²) in [7, 11) is 0. The Labute approximate surface area is 115 Å². The number of para-hydroxylation sites is 4.